The van der Waals surface area contributed by atoms with Crippen LogP contribution in [0.15, 0.2) is 24.3 Å². The number of carboxylic acid groups (broad SMARTS) is 1. The number of thiocarbonyl (C=S) groups is 1. The van der Waals surface area contributed by atoms with E-state index in [1.807, 2.05) is 0 Å². The molecule has 29 heavy (non-hydrogen) atoms. The number of phenols is 1. The fourth-order valence-corrected chi connectivity index (χ4v) is 3.95. The highest BCUT2D eigenvalue weighted by molar-refractivity contribution is 7.80. The van der Waals surface area contributed by atoms with Crippen LogP contribution < -0.4 is 11.1 Å². The molecule has 0 radical (unpaired) electrons. The van der Waals surface area contributed by atoms with Crippen molar-refractivity contribution >= 4 is 34.9 Å². The normalized spacial score (nSPS) is 24.7. The molecule has 2 heterocycles. The quantitative estimate of drug-likeness (QED) is 0.295. The molecule has 11 N–H and O–H groups in total. The SMILES string of the molecule is CC1(C)C(=S)[C@H]2[C@@H](NC(=O)C(N)c3ccc(O)cc3)C(=O)N2[C@@H]1C(=O)O.O.O.O. The first kappa shape index (κ1) is 26.4. The average molecular weight is 431 g/mol. The number of aliphatic carboxylic acids is 1. The van der Waals surface area contributed by atoms with E-state index >= 15 is 0 Å². The third kappa shape index (κ3) is 3.93. The maximum Gasteiger partial charge on any atom is 0.327 e. The van der Waals surface area contributed by atoms with Gasteiger partial charge in [-0.25, -0.2) is 4.79 Å². The third-order valence-electron chi connectivity index (χ3n) is 5.07. The van der Waals surface area contributed by atoms with Crippen LogP contribution in [-0.2, 0) is 14.4 Å². The van der Waals surface area contributed by atoms with E-state index in [4.69, 9.17) is 18.0 Å². The van der Waals surface area contributed by atoms with Crippen molar-refractivity contribution in [3.8, 4) is 5.75 Å². The summed E-state index contributed by atoms with van der Waals surface area (Å²) in [6.07, 6.45) is 0. The standard InChI is InChI=1S/C17H19N3O5S.3H2O/c1-17(2)12(16(24)25)20-11(13(17)26)10(15(20)23)19-14(22)9(18)7-3-5-8(21)6-4-7;;;/h3-6,9-12,21H,18H2,1-2H3,(H,19,22)(H,24,25);3*1H2/t9?,10-,11-,12-;;;/m1.../s1. The topological polar surface area (TPSA) is 227 Å². The van der Waals surface area contributed by atoms with Gasteiger partial charge in [0.25, 0.3) is 0 Å². The lowest BCUT2D eigenvalue weighted by Gasteiger charge is -2.44. The van der Waals surface area contributed by atoms with Crippen LogP contribution >= 0.6 is 12.2 Å². The van der Waals surface area contributed by atoms with Gasteiger partial charge in [0.15, 0.2) is 0 Å². The number of nitrogens with zero attached hydrogens (tertiary/aromatic N) is 1. The Morgan fingerprint density at radius 2 is 1.72 bits per heavy atom. The molecule has 0 aliphatic carbocycles. The summed E-state index contributed by atoms with van der Waals surface area (Å²) in [5.74, 6) is -2.14. The number of rotatable bonds is 4. The van der Waals surface area contributed by atoms with Gasteiger partial charge in [-0.05, 0) is 17.7 Å². The Bertz CT molecular complexity index is 813. The zero-order valence-corrected chi connectivity index (χ0v) is 16.5. The van der Waals surface area contributed by atoms with Gasteiger partial charge in [-0.2, -0.15) is 0 Å². The number of nitrogens with one attached hydrogen (secondary N) is 1. The predicted molar refractivity (Wildman–Crippen MR) is 106 cm³/mol. The number of nitrogens with two attached hydrogens (primary N) is 1. The Morgan fingerprint density at radius 3 is 2.21 bits per heavy atom. The van der Waals surface area contributed by atoms with Gasteiger partial charge < -0.3 is 42.6 Å². The average Bonchev–Trinajstić information content (AvgIpc) is 2.77. The monoisotopic (exact) mass is 431 g/mol. The van der Waals surface area contributed by atoms with E-state index in [2.05, 4.69) is 5.32 Å². The fraction of sp³-hybridized carbons (Fsp3) is 0.412. The first-order chi connectivity index (χ1) is 12.1. The van der Waals surface area contributed by atoms with Gasteiger partial charge in [-0.3, -0.25) is 9.59 Å². The molecule has 12 heteroatoms. The first-order valence-electron chi connectivity index (χ1n) is 8.01. The molecule has 11 nitrogen and oxygen atoms in total. The van der Waals surface area contributed by atoms with Gasteiger partial charge in [-0.15, -0.1) is 0 Å². The van der Waals surface area contributed by atoms with E-state index in [0.717, 1.165) is 0 Å². The zero-order valence-electron chi connectivity index (χ0n) is 15.7. The van der Waals surface area contributed by atoms with Crippen LogP contribution in [0.2, 0.25) is 0 Å². The second-order valence-electron chi connectivity index (χ2n) is 7.07. The number of aromatic hydroxyl groups is 1. The van der Waals surface area contributed by atoms with Crippen molar-refractivity contribution in [3.05, 3.63) is 29.8 Å². The van der Waals surface area contributed by atoms with Crippen molar-refractivity contribution in [2.75, 3.05) is 0 Å². The number of fused-ring (bicyclic) bond motifs is 1. The van der Waals surface area contributed by atoms with Gasteiger partial charge in [-0.1, -0.05) is 38.2 Å². The fourth-order valence-electron chi connectivity index (χ4n) is 3.58. The smallest absolute Gasteiger partial charge is 0.327 e. The van der Waals surface area contributed by atoms with E-state index in [9.17, 15) is 24.6 Å². The highest BCUT2D eigenvalue weighted by atomic mass is 32.1. The highest BCUT2D eigenvalue weighted by Crippen LogP contribution is 2.45. The summed E-state index contributed by atoms with van der Waals surface area (Å²) in [4.78, 5) is 38.1. The van der Waals surface area contributed by atoms with Crippen LogP contribution in [0.25, 0.3) is 0 Å². The second-order valence-corrected chi connectivity index (χ2v) is 7.51. The molecule has 4 atom stereocenters. The summed E-state index contributed by atoms with van der Waals surface area (Å²) >= 11 is 5.39. The van der Waals surface area contributed by atoms with E-state index in [1.54, 1.807) is 13.8 Å². The zero-order chi connectivity index (χ0) is 19.4. The summed E-state index contributed by atoms with van der Waals surface area (Å²) in [6.45, 7) is 3.36. The van der Waals surface area contributed by atoms with Crippen LogP contribution in [0.3, 0.4) is 0 Å². The van der Waals surface area contributed by atoms with Crippen LogP contribution in [-0.4, -0.2) is 72.3 Å². The number of carbonyl (C=O) groups excluding carboxylic acids is 2. The van der Waals surface area contributed by atoms with E-state index < -0.39 is 47.4 Å². The number of hydrogen-bond acceptors (Lipinski definition) is 6. The number of carboxylic acids is 1. The maximum absolute atomic E-state index is 12.4. The van der Waals surface area contributed by atoms with Crippen LogP contribution in [0.5, 0.6) is 5.75 Å². The molecule has 1 aromatic carbocycles. The minimum Gasteiger partial charge on any atom is -0.508 e. The predicted octanol–water partition coefficient (Wildman–Crippen LogP) is -2.52. The Balaban J connectivity index is 0.00000261. The van der Waals surface area contributed by atoms with Crippen LogP contribution in [0.1, 0.15) is 25.5 Å². The van der Waals surface area contributed by atoms with Crippen molar-refractivity contribution in [3.63, 3.8) is 0 Å². The van der Waals surface area contributed by atoms with E-state index in [-0.39, 0.29) is 22.2 Å². The molecule has 1 aromatic rings. The number of carbonyl (C=O) groups is 3. The summed E-state index contributed by atoms with van der Waals surface area (Å²) < 4.78 is 0. The lowest BCUT2D eigenvalue weighted by molar-refractivity contribution is -0.162. The highest BCUT2D eigenvalue weighted by Gasteiger charge is 2.66. The molecule has 0 aromatic heterocycles. The first-order valence-corrected chi connectivity index (χ1v) is 8.42. The van der Waals surface area contributed by atoms with Crippen molar-refractivity contribution < 1.29 is 41.0 Å². The van der Waals surface area contributed by atoms with Crippen molar-refractivity contribution in [2.45, 2.75) is 38.0 Å². The molecule has 2 aliphatic rings. The van der Waals surface area contributed by atoms with Gasteiger partial charge in [0.2, 0.25) is 11.8 Å². The summed E-state index contributed by atoms with van der Waals surface area (Å²) in [7, 11) is 0. The molecule has 162 valence electrons. The summed E-state index contributed by atoms with van der Waals surface area (Å²) in [6, 6.07) is 2.21. The number of benzene rings is 1. The number of hydrogen-bond donors (Lipinski definition) is 4. The van der Waals surface area contributed by atoms with E-state index in [1.165, 1.54) is 29.2 Å². The van der Waals surface area contributed by atoms with Crippen LogP contribution in [0.4, 0.5) is 0 Å². The van der Waals surface area contributed by atoms with E-state index in [0.29, 0.717) is 10.4 Å². The number of β-lactam (4-membered cyclic amide) rings is 1. The minimum absolute atomic E-state index is 0. The van der Waals surface area contributed by atoms with Crippen molar-refractivity contribution in [1.82, 2.24) is 10.2 Å². The Labute approximate surface area is 171 Å². The lowest BCUT2D eigenvalue weighted by atomic mass is 9.83. The van der Waals surface area contributed by atoms with Crippen molar-refractivity contribution in [2.24, 2.45) is 11.1 Å². The minimum atomic E-state index is -1.13. The molecule has 3 rings (SSSR count). The molecule has 2 saturated heterocycles. The van der Waals surface area contributed by atoms with Crippen LogP contribution in [0, 0.1) is 5.41 Å². The molecular formula is C17H25N3O8S. The molecular weight excluding hydrogens is 406 g/mol. The molecule has 0 bridgehead atoms. The Morgan fingerprint density at radius 1 is 1.21 bits per heavy atom. The van der Waals surface area contributed by atoms with Gasteiger partial charge in [0, 0.05) is 10.3 Å². The largest absolute Gasteiger partial charge is 0.508 e. The van der Waals surface area contributed by atoms with Gasteiger partial charge in [0.1, 0.15) is 23.9 Å². The number of phenolic OH excluding ortho intramolecular Hbond substituents is 1. The van der Waals surface area contributed by atoms with Crippen molar-refractivity contribution in [1.29, 1.82) is 0 Å². The lowest BCUT2D eigenvalue weighted by Crippen LogP contribution is -2.72. The Hall–Kier alpha value is -2.64. The second kappa shape index (κ2) is 8.80. The number of amides is 2. The molecule has 0 spiro atoms. The van der Waals surface area contributed by atoms with Gasteiger partial charge >= 0.3 is 5.97 Å². The summed E-state index contributed by atoms with van der Waals surface area (Å²) in [5.41, 5.74) is 5.52. The molecule has 2 fully saturated rings. The molecule has 0 saturated carbocycles. The summed E-state index contributed by atoms with van der Waals surface area (Å²) in [5, 5.41) is 21.3. The molecule has 2 aliphatic heterocycles. The maximum atomic E-state index is 12.4. The van der Waals surface area contributed by atoms with Gasteiger partial charge in [0.05, 0.1) is 6.04 Å². The third-order valence-corrected chi connectivity index (χ3v) is 5.84. The Kier molecular flexibility index (Phi) is 8.00. The molecule has 2 amide bonds. The molecule has 1 unspecified atom stereocenters.